The molecule has 3 aliphatic rings. The number of hydrogen-bond donors (Lipinski definition) is 2. The van der Waals surface area contributed by atoms with E-state index in [2.05, 4.69) is 15.6 Å². The van der Waals surface area contributed by atoms with Crippen LogP contribution in [0, 0.1) is 11.8 Å². The van der Waals surface area contributed by atoms with E-state index in [1.807, 2.05) is 0 Å². The van der Waals surface area contributed by atoms with Gasteiger partial charge in [0.25, 0.3) is 0 Å². The summed E-state index contributed by atoms with van der Waals surface area (Å²) >= 11 is 0. The Morgan fingerprint density at radius 1 is 1.02 bits per heavy atom. The molecule has 2 aliphatic carbocycles. The highest BCUT2D eigenvalue weighted by Crippen LogP contribution is 3.02. The highest BCUT2D eigenvalue weighted by atomic mass is 32.5. The zero-order chi connectivity index (χ0) is 31.7. The van der Waals surface area contributed by atoms with Gasteiger partial charge in [-0.25, -0.2) is 8.78 Å². The zero-order valence-corrected chi connectivity index (χ0v) is 22.9. The van der Waals surface area contributed by atoms with Crippen molar-refractivity contribution in [2.24, 2.45) is 11.8 Å². The molecular formula is C26H26F10N4O2S. The monoisotopic (exact) mass is 648 g/mol. The van der Waals surface area contributed by atoms with Crippen molar-refractivity contribution >= 4 is 27.7 Å². The second-order valence-electron chi connectivity index (χ2n) is 11.2. The normalized spacial score (nSPS) is 26.0. The third-order valence-electron chi connectivity index (χ3n) is 8.09. The van der Waals surface area contributed by atoms with Crippen LogP contribution in [0.4, 0.5) is 47.1 Å². The summed E-state index contributed by atoms with van der Waals surface area (Å²) in [5.41, 5.74) is -2.79. The molecule has 1 aromatic heterocycles. The van der Waals surface area contributed by atoms with Crippen molar-refractivity contribution in [3.05, 3.63) is 53.9 Å². The molecule has 43 heavy (non-hydrogen) atoms. The maximum absolute atomic E-state index is 14.2. The van der Waals surface area contributed by atoms with Crippen LogP contribution in [0.2, 0.25) is 0 Å². The molecule has 2 amide bonds. The maximum Gasteiger partial charge on any atom is 0.416 e. The fourth-order valence-corrected chi connectivity index (χ4v) is 6.43. The molecule has 1 aliphatic heterocycles. The summed E-state index contributed by atoms with van der Waals surface area (Å²) in [5.74, 6) is -5.41. The van der Waals surface area contributed by atoms with E-state index in [0.717, 1.165) is 6.20 Å². The lowest BCUT2D eigenvalue weighted by Crippen LogP contribution is -2.53. The number of hydrogen-bond acceptors (Lipinski definition) is 4. The lowest BCUT2D eigenvalue weighted by Gasteiger charge is -2.41. The van der Waals surface area contributed by atoms with Crippen LogP contribution >= 0.6 is 10.2 Å². The minimum Gasteiger partial charge on any atom is -0.351 e. The van der Waals surface area contributed by atoms with Gasteiger partial charge in [0.2, 0.25) is 17.7 Å². The summed E-state index contributed by atoms with van der Waals surface area (Å²) in [4.78, 5) is 29.7. The number of anilines is 1. The van der Waals surface area contributed by atoms with Crippen LogP contribution in [0.3, 0.4) is 0 Å². The van der Waals surface area contributed by atoms with Gasteiger partial charge < -0.3 is 10.6 Å². The van der Waals surface area contributed by atoms with Crippen LogP contribution in [0.15, 0.2) is 47.6 Å². The number of halogens is 10. The molecule has 4 atom stereocenters. The summed E-state index contributed by atoms with van der Waals surface area (Å²) in [6.07, 6.45) is -4.74. The fourth-order valence-electron chi connectivity index (χ4n) is 5.78. The second-order valence-corrected chi connectivity index (χ2v) is 13.6. The van der Waals surface area contributed by atoms with Gasteiger partial charge in [0.1, 0.15) is 10.9 Å². The first-order valence-corrected chi connectivity index (χ1v) is 15.2. The number of carbonyl (C=O) groups is 2. The molecule has 238 valence electrons. The topological polar surface area (TPSA) is 74.3 Å². The van der Waals surface area contributed by atoms with Gasteiger partial charge in [-0.3, -0.25) is 19.5 Å². The molecule has 4 unspecified atom stereocenters. The van der Waals surface area contributed by atoms with Crippen LogP contribution in [-0.4, -0.2) is 41.3 Å². The summed E-state index contributed by atoms with van der Waals surface area (Å²) in [5, 5.41) is 5.32. The number of fused-ring (bicyclic) bond motifs is 1. The Morgan fingerprint density at radius 2 is 1.65 bits per heavy atom. The molecular weight excluding hydrogens is 622 g/mol. The molecule has 0 spiro atoms. The third kappa shape index (κ3) is 6.71. The SMILES string of the molecule is O=C(NC1CCC(F)(F)CC1)C(c1cnccc1C(F)(F)F)N(C(=O)C1NCC2CC21)c1ccc(S(F)(F)(F)(F)F)cc1. The number of carbonyl (C=O) groups excluding carboxylic acids is 2. The molecule has 2 heterocycles. The molecule has 0 bridgehead atoms. The predicted molar refractivity (Wildman–Crippen MR) is 136 cm³/mol. The largest absolute Gasteiger partial charge is 0.416 e. The van der Waals surface area contributed by atoms with Gasteiger partial charge in [-0.2, -0.15) is 13.2 Å². The number of rotatable bonds is 7. The van der Waals surface area contributed by atoms with Gasteiger partial charge in [-0.1, -0.05) is 19.4 Å². The smallest absolute Gasteiger partial charge is 0.351 e. The molecule has 17 heteroatoms. The molecule has 5 rings (SSSR count). The van der Waals surface area contributed by atoms with E-state index in [9.17, 15) is 51.0 Å². The number of nitrogens with zero attached hydrogens (tertiary/aromatic N) is 2. The second kappa shape index (κ2) is 9.71. The molecule has 2 saturated carbocycles. The number of nitrogens with one attached hydrogen (secondary N) is 2. The van der Waals surface area contributed by atoms with E-state index in [0.29, 0.717) is 42.3 Å². The van der Waals surface area contributed by atoms with E-state index in [-0.39, 0.29) is 36.8 Å². The van der Waals surface area contributed by atoms with Crippen molar-refractivity contribution < 1.29 is 51.0 Å². The Morgan fingerprint density at radius 3 is 2.16 bits per heavy atom. The number of amides is 2. The molecule has 1 saturated heterocycles. The zero-order valence-electron chi connectivity index (χ0n) is 22.1. The standard InChI is InChI=1S/C26H26F10N4O2S/c27-25(28)8-5-15(6-9-25)39-23(41)22(19-13-37-10-7-20(19)26(29,30)31)40(24(42)21-18-11-14(18)12-38-21)16-1-3-17(4-2-16)43(32,33,34,35)36/h1-4,7,10,13-15,18,21-22,38H,5-6,8-9,11-12H2,(H,39,41). The Labute approximate surface area is 238 Å². The van der Waals surface area contributed by atoms with Crippen molar-refractivity contribution in [3.8, 4) is 0 Å². The lowest BCUT2D eigenvalue weighted by atomic mass is 9.91. The summed E-state index contributed by atoms with van der Waals surface area (Å²) in [6.45, 7) is 0.367. The molecule has 2 N–H and O–H groups in total. The van der Waals surface area contributed by atoms with E-state index in [1.165, 1.54) is 0 Å². The average Bonchev–Trinajstić information content (AvgIpc) is 3.55. The van der Waals surface area contributed by atoms with Crippen LogP contribution in [0.1, 0.15) is 49.3 Å². The van der Waals surface area contributed by atoms with E-state index in [1.54, 1.807) is 0 Å². The van der Waals surface area contributed by atoms with Crippen molar-refractivity contribution in [1.29, 1.82) is 0 Å². The van der Waals surface area contributed by atoms with Crippen LogP contribution in [0.5, 0.6) is 0 Å². The Hall–Kier alpha value is -3.08. The van der Waals surface area contributed by atoms with Gasteiger partial charge in [0, 0.05) is 42.5 Å². The van der Waals surface area contributed by atoms with Gasteiger partial charge in [-0.05, 0) is 68.0 Å². The highest BCUT2D eigenvalue weighted by Gasteiger charge is 2.65. The van der Waals surface area contributed by atoms with Crippen molar-refractivity contribution in [3.63, 3.8) is 0 Å². The number of alkyl halides is 5. The molecule has 1 aromatic carbocycles. The first-order valence-electron chi connectivity index (χ1n) is 13.2. The van der Waals surface area contributed by atoms with Crippen molar-refractivity contribution in [2.45, 2.75) is 67.2 Å². The fraction of sp³-hybridized carbons (Fsp3) is 0.500. The Kier molecular flexibility index (Phi) is 7.08. The summed E-state index contributed by atoms with van der Waals surface area (Å²) < 4.78 is 137. The molecule has 3 fully saturated rings. The van der Waals surface area contributed by atoms with Crippen LogP contribution in [-0.2, 0) is 15.8 Å². The number of pyridine rings is 1. The van der Waals surface area contributed by atoms with Gasteiger partial charge >= 0.3 is 16.4 Å². The average molecular weight is 649 g/mol. The Bertz CT molecular complexity index is 1410. The molecule has 2 aromatic rings. The first kappa shape index (κ1) is 31.3. The number of aromatic nitrogens is 1. The lowest BCUT2D eigenvalue weighted by molar-refractivity contribution is -0.139. The van der Waals surface area contributed by atoms with Gasteiger partial charge in [0.05, 0.1) is 11.6 Å². The third-order valence-corrected chi connectivity index (χ3v) is 9.25. The van der Waals surface area contributed by atoms with Gasteiger partial charge in [0.15, 0.2) is 0 Å². The highest BCUT2D eigenvalue weighted by molar-refractivity contribution is 8.45. The summed E-state index contributed by atoms with van der Waals surface area (Å²) in [7, 11) is -10.2. The minimum atomic E-state index is -10.2. The van der Waals surface area contributed by atoms with Gasteiger partial charge in [-0.15, -0.1) is 0 Å². The Balaban J connectivity index is 1.62. The minimum absolute atomic E-state index is 0.00866. The molecule has 6 nitrogen and oxygen atoms in total. The maximum atomic E-state index is 14.2. The quantitative estimate of drug-likeness (QED) is 0.314. The van der Waals surface area contributed by atoms with Crippen molar-refractivity contribution in [2.75, 3.05) is 11.4 Å². The van der Waals surface area contributed by atoms with E-state index >= 15 is 0 Å². The number of piperidine rings is 1. The number of benzene rings is 1. The van der Waals surface area contributed by atoms with Crippen LogP contribution in [0.25, 0.3) is 0 Å². The van der Waals surface area contributed by atoms with E-state index < -0.39 is 86.8 Å². The summed E-state index contributed by atoms with van der Waals surface area (Å²) in [6, 6.07) is -2.66. The molecule has 0 radical (unpaired) electrons. The van der Waals surface area contributed by atoms with Crippen LogP contribution < -0.4 is 15.5 Å². The van der Waals surface area contributed by atoms with E-state index in [4.69, 9.17) is 0 Å². The predicted octanol–water partition coefficient (Wildman–Crippen LogP) is 7.13. The van der Waals surface area contributed by atoms with Crippen molar-refractivity contribution in [1.82, 2.24) is 15.6 Å². The first-order chi connectivity index (χ1) is 19.6.